The van der Waals surface area contributed by atoms with Crippen LogP contribution in [0.25, 0.3) is 0 Å². The fourth-order valence-electron chi connectivity index (χ4n) is 2.48. The SMILES string of the molecule is CN(C)CCN(C)C[C@H]1O[C@@H]2OC(C)(C)O[C@@H]2[C@H]1O. The zero-order chi connectivity index (χ0) is 14.2. The number of likely N-dealkylation sites (N-methyl/N-ethyl adjacent to an activating group) is 2. The fourth-order valence-corrected chi connectivity index (χ4v) is 2.48. The summed E-state index contributed by atoms with van der Waals surface area (Å²) in [5.74, 6) is -0.669. The number of aliphatic hydroxyl groups excluding tert-OH is 1. The summed E-state index contributed by atoms with van der Waals surface area (Å²) in [6, 6.07) is 0. The largest absolute Gasteiger partial charge is 0.387 e. The predicted octanol–water partition coefficient (Wildman–Crippen LogP) is -0.283. The lowest BCUT2D eigenvalue weighted by Crippen LogP contribution is -2.42. The first kappa shape index (κ1) is 15.2. The molecule has 2 rings (SSSR count). The Balaban J connectivity index is 1.81. The van der Waals surface area contributed by atoms with Gasteiger partial charge in [-0.2, -0.15) is 0 Å². The van der Waals surface area contributed by atoms with E-state index in [1.165, 1.54) is 0 Å². The van der Waals surface area contributed by atoms with Gasteiger partial charge >= 0.3 is 0 Å². The van der Waals surface area contributed by atoms with E-state index >= 15 is 0 Å². The first-order valence-electron chi connectivity index (χ1n) is 6.81. The van der Waals surface area contributed by atoms with Crippen molar-refractivity contribution in [3.05, 3.63) is 0 Å². The highest BCUT2D eigenvalue weighted by atomic mass is 16.8. The molecule has 2 aliphatic rings. The molecule has 0 spiro atoms. The molecule has 112 valence electrons. The molecule has 4 atom stereocenters. The summed E-state index contributed by atoms with van der Waals surface area (Å²) in [6.07, 6.45) is -1.70. The molecule has 2 aliphatic heterocycles. The predicted molar refractivity (Wildman–Crippen MR) is 70.8 cm³/mol. The highest BCUT2D eigenvalue weighted by molar-refractivity contribution is 4.93. The second-order valence-corrected chi connectivity index (χ2v) is 6.20. The number of hydrogen-bond donors (Lipinski definition) is 1. The first-order chi connectivity index (χ1) is 8.78. The number of rotatable bonds is 5. The van der Waals surface area contributed by atoms with Crippen molar-refractivity contribution in [2.75, 3.05) is 40.8 Å². The molecule has 19 heavy (non-hydrogen) atoms. The summed E-state index contributed by atoms with van der Waals surface area (Å²) in [7, 11) is 6.12. The quantitative estimate of drug-likeness (QED) is 0.744. The van der Waals surface area contributed by atoms with E-state index in [1.807, 2.05) is 35.0 Å². The van der Waals surface area contributed by atoms with Gasteiger partial charge in [0.1, 0.15) is 18.3 Å². The Hall–Kier alpha value is -0.240. The Labute approximate surface area is 115 Å². The summed E-state index contributed by atoms with van der Waals surface area (Å²) in [5, 5.41) is 10.3. The molecule has 0 unspecified atom stereocenters. The van der Waals surface area contributed by atoms with E-state index in [4.69, 9.17) is 14.2 Å². The van der Waals surface area contributed by atoms with Gasteiger partial charge in [0.05, 0.1) is 0 Å². The number of aliphatic hydroxyl groups is 1. The molecule has 0 aliphatic carbocycles. The van der Waals surface area contributed by atoms with Crippen molar-refractivity contribution in [1.29, 1.82) is 0 Å². The minimum atomic E-state index is -0.669. The van der Waals surface area contributed by atoms with E-state index in [9.17, 15) is 5.11 Å². The molecular formula is C13H26N2O4. The fraction of sp³-hybridized carbons (Fsp3) is 1.00. The molecule has 0 aromatic rings. The van der Waals surface area contributed by atoms with Gasteiger partial charge in [-0.05, 0) is 35.0 Å². The van der Waals surface area contributed by atoms with Crippen molar-refractivity contribution in [3.63, 3.8) is 0 Å². The van der Waals surface area contributed by atoms with Crippen molar-refractivity contribution in [2.45, 2.75) is 44.2 Å². The lowest BCUT2D eigenvalue weighted by Gasteiger charge is -2.26. The van der Waals surface area contributed by atoms with Crippen LogP contribution in [0.3, 0.4) is 0 Å². The molecule has 0 bridgehead atoms. The normalized spacial score (nSPS) is 37.3. The number of ether oxygens (including phenoxy) is 3. The highest BCUT2D eigenvalue weighted by Gasteiger charge is 2.54. The van der Waals surface area contributed by atoms with Gasteiger partial charge in [-0.25, -0.2) is 0 Å². The third kappa shape index (κ3) is 3.65. The molecule has 6 nitrogen and oxygen atoms in total. The summed E-state index contributed by atoms with van der Waals surface area (Å²) >= 11 is 0. The second kappa shape index (κ2) is 5.63. The third-order valence-electron chi connectivity index (χ3n) is 3.54. The molecule has 2 saturated heterocycles. The van der Waals surface area contributed by atoms with Gasteiger partial charge in [0.2, 0.25) is 0 Å². The molecule has 2 fully saturated rings. The van der Waals surface area contributed by atoms with E-state index in [0.29, 0.717) is 6.54 Å². The molecule has 0 radical (unpaired) electrons. The lowest BCUT2D eigenvalue weighted by atomic mass is 10.1. The maximum Gasteiger partial charge on any atom is 0.190 e. The zero-order valence-electron chi connectivity index (χ0n) is 12.5. The molecule has 6 heteroatoms. The zero-order valence-corrected chi connectivity index (χ0v) is 12.5. The van der Waals surface area contributed by atoms with Gasteiger partial charge in [-0.1, -0.05) is 0 Å². The molecule has 0 saturated carbocycles. The smallest absolute Gasteiger partial charge is 0.190 e. The van der Waals surface area contributed by atoms with E-state index in [1.54, 1.807) is 0 Å². The first-order valence-corrected chi connectivity index (χ1v) is 6.81. The van der Waals surface area contributed by atoms with Crippen LogP contribution in [-0.4, -0.2) is 86.1 Å². The molecule has 1 N–H and O–H groups in total. The second-order valence-electron chi connectivity index (χ2n) is 6.20. The van der Waals surface area contributed by atoms with Crippen molar-refractivity contribution in [2.24, 2.45) is 0 Å². The Kier molecular flexibility index (Phi) is 4.49. The van der Waals surface area contributed by atoms with Crippen LogP contribution in [0.2, 0.25) is 0 Å². The van der Waals surface area contributed by atoms with E-state index in [2.05, 4.69) is 9.80 Å². The van der Waals surface area contributed by atoms with Gasteiger partial charge in [-0.15, -0.1) is 0 Å². The van der Waals surface area contributed by atoms with Crippen LogP contribution in [0.4, 0.5) is 0 Å². The summed E-state index contributed by atoms with van der Waals surface area (Å²) in [5.41, 5.74) is 0. The number of fused-ring (bicyclic) bond motifs is 1. The van der Waals surface area contributed by atoms with E-state index in [0.717, 1.165) is 13.1 Å². The average Bonchev–Trinajstić information content (AvgIpc) is 2.72. The average molecular weight is 274 g/mol. The number of nitrogens with zero attached hydrogens (tertiary/aromatic N) is 2. The van der Waals surface area contributed by atoms with Gasteiger partial charge in [0.25, 0.3) is 0 Å². The van der Waals surface area contributed by atoms with Crippen LogP contribution < -0.4 is 0 Å². The van der Waals surface area contributed by atoms with E-state index < -0.39 is 18.2 Å². The third-order valence-corrected chi connectivity index (χ3v) is 3.54. The summed E-state index contributed by atoms with van der Waals surface area (Å²) in [6.45, 7) is 6.25. The van der Waals surface area contributed by atoms with Crippen molar-refractivity contribution < 1.29 is 19.3 Å². The Morgan fingerprint density at radius 2 is 1.79 bits per heavy atom. The maximum atomic E-state index is 10.3. The van der Waals surface area contributed by atoms with Crippen molar-refractivity contribution >= 4 is 0 Å². The molecular weight excluding hydrogens is 248 g/mol. The van der Waals surface area contributed by atoms with Gasteiger partial charge in [0, 0.05) is 19.6 Å². The summed E-state index contributed by atoms with van der Waals surface area (Å²) in [4.78, 5) is 4.28. The highest BCUT2D eigenvalue weighted by Crippen LogP contribution is 2.37. The topological polar surface area (TPSA) is 54.4 Å². The van der Waals surface area contributed by atoms with Gasteiger partial charge < -0.3 is 29.1 Å². The van der Waals surface area contributed by atoms with Crippen LogP contribution in [0.15, 0.2) is 0 Å². The number of hydrogen-bond acceptors (Lipinski definition) is 6. The summed E-state index contributed by atoms with van der Waals surface area (Å²) < 4.78 is 17.1. The standard InChI is InChI=1S/C13H26N2O4/c1-13(2)18-11-10(16)9(17-12(11)19-13)8-15(5)7-6-14(3)4/h9-12,16H,6-8H2,1-5H3/t9-,10+,11-,12-/m1/s1. The molecule has 0 aromatic heterocycles. The van der Waals surface area contributed by atoms with Crippen molar-refractivity contribution in [1.82, 2.24) is 9.80 Å². The van der Waals surface area contributed by atoms with Gasteiger partial charge in [0.15, 0.2) is 12.1 Å². The Morgan fingerprint density at radius 3 is 2.37 bits per heavy atom. The van der Waals surface area contributed by atoms with Crippen LogP contribution in [0.1, 0.15) is 13.8 Å². The minimum absolute atomic E-state index is 0.252. The Bertz CT molecular complexity index is 311. The molecule has 2 heterocycles. The van der Waals surface area contributed by atoms with Crippen LogP contribution in [0, 0.1) is 0 Å². The van der Waals surface area contributed by atoms with Crippen LogP contribution in [-0.2, 0) is 14.2 Å². The maximum absolute atomic E-state index is 10.3. The minimum Gasteiger partial charge on any atom is -0.387 e. The molecule has 0 amide bonds. The van der Waals surface area contributed by atoms with Gasteiger partial charge in [-0.3, -0.25) is 0 Å². The lowest BCUT2D eigenvalue weighted by molar-refractivity contribution is -0.216. The monoisotopic (exact) mass is 274 g/mol. The van der Waals surface area contributed by atoms with Crippen molar-refractivity contribution in [3.8, 4) is 0 Å². The van der Waals surface area contributed by atoms with E-state index in [-0.39, 0.29) is 12.2 Å². The Morgan fingerprint density at radius 1 is 1.11 bits per heavy atom. The van der Waals surface area contributed by atoms with Crippen LogP contribution >= 0.6 is 0 Å². The molecule has 0 aromatic carbocycles. The van der Waals surface area contributed by atoms with Crippen LogP contribution in [0.5, 0.6) is 0 Å².